The zero-order chi connectivity index (χ0) is 27.0. The molecule has 0 radical (unpaired) electrons. The molecule has 4 aliphatic carbocycles. The molecule has 0 amide bonds. The highest BCUT2D eigenvalue weighted by atomic mass is 16.6. The third kappa shape index (κ3) is 3.79. The lowest BCUT2D eigenvalue weighted by atomic mass is 9.35. The third-order valence-electron chi connectivity index (χ3n) is 12.8. The van der Waals surface area contributed by atoms with Gasteiger partial charge in [0, 0.05) is 11.0 Å². The Hall–Kier alpha value is -1.36. The van der Waals surface area contributed by atoms with Crippen molar-refractivity contribution in [3.8, 4) is 0 Å². The number of carbonyl (C=O) groups is 2. The summed E-state index contributed by atoms with van der Waals surface area (Å²) in [5.74, 6) is 0.831. The van der Waals surface area contributed by atoms with E-state index in [1.807, 2.05) is 13.8 Å². The Morgan fingerprint density at radius 1 is 1.05 bits per heavy atom. The molecule has 10 atom stereocenters. The summed E-state index contributed by atoms with van der Waals surface area (Å²) in [7, 11) is 0. The monoisotopic (exact) mass is 514 g/mol. The Morgan fingerprint density at radius 3 is 2.43 bits per heavy atom. The Labute approximate surface area is 224 Å². The van der Waals surface area contributed by atoms with Crippen molar-refractivity contribution in [2.45, 2.75) is 137 Å². The summed E-state index contributed by atoms with van der Waals surface area (Å²) in [5, 5.41) is 10.2. The van der Waals surface area contributed by atoms with Gasteiger partial charge in [0.15, 0.2) is 0 Å². The molecule has 3 fully saturated rings. The number of rotatable bonds is 5. The minimum Gasteiger partial charge on any atom is -0.461 e. The standard InChI is InChI=1S/C32H50O5/c1-8-20(33)17-26(34)37-25-18-24-30(5)15-10-14-29(4,9-2)22(30)13-16-31(24,6)23-12-11-21-19(3)36-28(35)27(21)32(23,25)7/h19-20,22-25,33H,8-18H2,1-7H3/t19-,20-,22+,23+,24-,25+,29+,30+,31+,32-/m1/s1. The number of ether oxygens (including phenoxy) is 2. The van der Waals surface area contributed by atoms with Gasteiger partial charge < -0.3 is 14.6 Å². The normalized spacial score (nSPS) is 47.8. The lowest BCUT2D eigenvalue weighted by molar-refractivity contribution is -0.228. The predicted molar refractivity (Wildman–Crippen MR) is 143 cm³/mol. The molecule has 37 heavy (non-hydrogen) atoms. The van der Waals surface area contributed by atoms with Crippen LogP contribution in [0.15, 0.2) is 11.1 Å². The zero-order valence-corrected chi connectivity index (χ0v) is 24.3. The van der Waals surface area contributed by atoms with Crippen molar-refractivity contribution in [3.05, 3.63) is 11.1 Å². The van der Waals surface area contributed by atoms with Crippen molar-refractivity contribution < 1.29 is 24.2 Å². The van der Waals surface area contributed by atoms with E-state index in [4.69, 9.17) is 9.47 Å². The van der Waals surface area contributed by atoms with Crippen molar-refractivity contribution in [2.24, 2.45) is 39.4 Å². The van der Waals surface area contributed by atoms with E-state index in [2.05, 4.69) is 34.6 Å². The second-order valence-corrected chi connectivity index (χ2v) is 14.3. The maximum atomic E-state index is 13.4. The van der Waals surface area contributed by atoms with E-state index in [1.54, 1.807) is 0 Å². The molecule has 0 bridgehead atoms. The van der Waals surface area contributed by atoms with Gasteiger partial charge in [0.05, 0.1) is 12.5 Å². The fourth-order valence-electron chi connectivity index (χ4n) is 10.7. The van der Waals surface area contributed by atoms with Crippen LogP contribution in [0.3, 0.4) is 0 Å². The van der Waals surface area contributed by atoms with E-state index in [9.17, 15) is 14.7 Å². The number of fused-ring (bicyclic) bond motifs is 6. The minimum absolute atomic E-state index is 0.0102. The van der Waals surface area contributed by atoms with Crippen LogP contribution in [0.2, 0.25) is 0 Å². The number of carbonyl (C=O) groups excluding carboxylic acids is 2. The first-order valence-electron chi connectivity index (χ1n) is 15.2. The van der Waals surface area contributed by atoms with E-state index in [-0.39, 0.29) is 47.3 Å². The maximum Gasteiger partial charge on any atom is 0.335 e. The van der Waals surface area contributed by atoms with Crippen LogP contribution in [0.4, 0.5) is 0 Å². The first-order chi connectivity index (χ1) is 17.3. The van der Waals surface area contributed by atoms with Gasteiger partial charge >= 0.3 is 11.9 Å². The highest BCUT2D eigenvalue weighted by Crippen LogP contribution is 2.74. The smallest absolute Gasteiger partial charge is 0.335 e. The summed E-state index contributed by atoms with van der Waals surface area (Å²) in [4.78, 5) is 26.5. The quantitative estimate of drug-likeness (QED) is 0.410. The van der Waals surface area contributed by atoms with Crippen molar-refractivity contribution >= 4 is 11.9 Å². The second-order valence-electron chi connectivity index (χ2n) is 14.3. The lowest BCUT2D eigenvalue weighted by Crippen LogP contribution is -2.66. The third-order valence-corrected chi connectivity index (χ3v) is 12.8. The summed E-state index contributed by atoms with van der Waals surface area (Å²) in [5.41, 5.74) is 2.01. The Kier molecular flexibility index (Phi) is 6.69. The average molecular weight is 515 g/mol. The van der Waals surface area contributed by atoms with Gasteiger partial charge in [-0.05, 0) is 97.9 Å². The average Bonchev–Trinajstić information content (AvgIpc) is 3.14. The van der Waals surface area contributed by atoms with Crippen molar-refractivity contribution in [1.29, 1.82) is 0 Å². The summed E-state index contributed by atoms with van der Waals surface area (Å²) in [6.45, 7) is 16.0. The molecule has 5 nitrogen and oxygen atoms in total. The van der Waals surface area contributed by atoms with Crippen LogP contribution in [-0.4, -0.2) is 35.4 Å². The fraction of sp³-hybridized carbons (Fsp3) is 0.875. The second kappa shape index (κ2) is 9.10. The number of aliphatic hydroxyl groups excluding tert-OH is 1. The number of esters is 2. The van der Waals surface area contributed by atoms with Crippen LogP contribution < -0.4 is 0 Å². The van der Waals surface area contributed by atoms with Gasteiger partial charge in [0.1, 0.15) is 12.2 Å². The SMILES string of the molecule is CC[C@@H](O)CC(=O)O[C@H]1C[C@@H]2[C@@]3(C)CCC[C@](C)(CC)[C@@H]3CC[C@@]2(C)[C@@H]2CCC3=C(C(=O)O[C@@H]3C)[C@@]12C. The van der Waals surface area contributed by atoms with Crippen LogP contribution in [0.5, 0.6) is 0 Å². The van der Waals surface area contributed by atoms with Crippen LogP contribution in [0, 0.1) is 39.4 Å². The first-order valence-corrected chi connectivity index (χ1v) is 15.2. The van der Waals surface area contributed by atoms with E-state index in [0.717, 1.165) is 30.4 Å². The molecule has 0 saturated heterocycles. The molecular weight excluding hydrogens is 464 g/mol. The molecule has 0 spiro atoms. The van der Waals surface area contributed by atoms with E-state index in [1.165, 1.54) is 38.5 Å². The van der Waals surface area contributed by atoms with Crippen LogP contribution in [0.1, 0.15) is 119 Å². The van der Waals surface area contributed by atoms with Gasteiger partial charge in [-0.1, -0.05) is 54.4 Å². The molecule has 0 aromatic carbocycles. The molecule has 0 aromatic rings. The molecule has 0 aromatic heterocycles. The first kappa shape index (κ1) is 27.2. The molecule has 5 heteroatoms. The summed E-state index contributed by atoms with van der Waals surface area (Å²) < 4.78 is 12.2. The molecule has 208 valence electrons. The highest BCUT2D eigenvalue weighted by Gasteiger charge is 2.70. The Morgan fingerprint density at radius 2 is 1.76 bits per heavy atom. The number of hydrogen-bond donors (Lipinski definition) is 1. The van der Waals surface area contributed by atoms with Crippen LogP contribution in [-0.2, 0) is 19.1 Å². The molecule has 5 aliphatic rings. The van der Waals surface area contributed by atoms with Crippen molar-refractivity contribution in [3.63, 3.8) is 0 Å². The van der Waals surface area contributed by atoms with Crippen molar-refractivity contribution in [1.82, 2.24) is 0 Å². The van der Waals surface area contributed by atoms with Gasteiger partial charge in [0.2, 0.25) is 0 Å². The largest absolute Gasteiger partial charge is 0.461 e. The molecule has 5 rings (SSSR count). The van der Waals surface area contributed by atoms with Gasteiger partial charge in [-0.25, -0.2) is 4.79 Å². The number of cyclic esters (lactones) is 1. The van der Waals surface area contributed by atoms with E-state index in [0.29, 0.717) is 23.7 Å². The van der Waals surface area contributed by atoms with E-state index >= 15 is 0 Å². The van der Waals surface area contributed by atoms with Gasteiger partial charge in [-0.15, -0.1) is 0 Å². The van der Waals surface area contributed by atoms with Gasteiger partial charge in [-0.3, -0.25) is 4.79 Å². The summed E-state index contributed by atoms with van der Waals surface area (Å²) in [6, 6.07) is 0. The zero-order valence-electron chi connectivity index (χ0n) is 24.3. The molecule has 1 N–H and O–H groups in total. The molecular formula is C32H50O5. The number of hydrogen-bond acceptors (Lipinski definition) is 5. The maximum absolute atomic E-state index is 13.4. The predicted octanol–water partition coefficient (Wildman–Crippen LogP) is 6.76. The Bertz CT molecular complexity index is 986. The van der Waals surface area contributed by atoms with Gasteiger partial charge in [0.25, 0.3) is 0 Å². The minimum atomic E-state index is -0.692. The van der Waals surface area contributed by atoms with Crippen LogP contribution in [0.25, 0.3) is 0 Å². The lowest BCUT2D eigenvalue weighted by Gasteiger charge is -2.70. The molecule has 1 aliphatic heterocycles. The van der Waals surface area contributed by atoms with Gasteiger partial charge in [-0.2, -0.15) is 0 Å². The number of aliphatic hydroxyl groups is 1. The summed E-state index contributed by atoms with van der Waals surface area (Å²) >= 11 is 0. The Balaban J connectivity index is 1.60. The molecule has 0 unspecified atom stereocenters. The van der Waals surface area contributed by atoms with Crippen molar-refractivity contribution in [2.75, 3.05) is 0 Å². The van der Waals surface area contributed by atoms with Crippen LogP contribution >= 0.6 is 0 Å². The van der Waals surface area contributed by atoms with E-state index < -0.39 is 11.5 Å². The molecule has 1 heterocycles. The molecule has 3 saturated carbocycles. The topological polar surface area (TPSA) is 72.8 Å². The highest BCUT2D eigenvalue weighted by molar-refractivity contribution is 5.94. The fourth-order valence-corrected chi connectivity index (χ4v) is 10.7. The summed E-state index contributed by atoms with van der Waals surface area (Å²) in [6.07, 6.45) is 9.42.